The molecule has 1 aliphatic carbocycles. The molecular formula is C66H45N3O. The average Bonchev–Trinajstić information content (AvgIpc) is 4.04. The number of fused-ring (bicyclic) bond motifs is 10. The Labute approximate surface area is 406 Å². The Bertz CT molecular complexity index is 4200. The number of benzene rings is 10. The van der Waals surface area contributed by atoms with Gasteiger partial charge in [0.25, 0.3) is 0 Å². The van der Waals surface area contributed by atoms with E-state index < -0.39 is 0 Å². The summed E-state index contributed by atoms with van der Waals surface area (Å²) in [5, 5.41) is 5.65. The Morgan fingerprint density at radius 3 is 1.89 bits per heavy atom. The van der Waals surface area contributed by atoms with Crippen molar-refractivity contribution in [2.24, 2.45) is 0 Å². The second-order valence-electron chi connectivity index (χ2n) is 19.1. The average molecular weight is 896 g/mol. The van der Waals surface area contributed by atoms with E-state index in [1.807, 2.05) is 0 Å². The highest BCUT2D eigenvalue weighted by Gasteiger charge is 2.35. The molecule has 3 heterocycles. The molecule has 0 aliphatic heterocycles. The van der Waals surface area contributed by atoms with Gasteiger partial charge in [-0.2, -0.15) is 0 Å². The molecule has 3 aromatic heterocycles. The Kier molecular flexibility index (Phi) is 8.90. The van der Waals surface area contributed by atoms with Crippen LogP contribution in [0.25, 0.3) is 105 Å². The van der Waals surface area contributed by atoms with E-state index in [1.54, 1.807) is 0 Å². The van der Waals surface area contributed by atoms with Gasteiger partial charge in [0.1, 0.15) is 17.0 Å². The van der Waals surface area contributed by atoms with Gasteiger partial charge in [0.05, 0.1) is 27.6 Å². The molecule has 0 unspecified atom stereocenters. The maximum atomic E-state index is 6.88. The number of anilines is 3. The molecule has 0 saturated carbocycles. The summed E-state index contributed by atoms with van der Waals surface area (Å²) >= 11 is 0. The normalized spacial score (nSPS) is 12.8. The van der Waals surface area contributed by atoms with E-state index >= 15 is 0 Å². The largest absolute Gasteiger partial charge is 0.456 e. The summed E-state index contributed by atoms with van der Waals surface area (Å²) in [6.45, 7) is 4.71. The lowest BCUT2D eigenvalue weighted by Gasteiger charge is -2.26. The van der Waals surface area contributed by atoms with Gasteiger partial charge >= 0.3 is 0 Å². The van der Waals surface area contributed by atoms with Gasteiger partial charge in [0.2, 0.25) is 0 Å². The monoisotopic (exact) mass is 895 g/mol. The Morgan fingerprint density at radius 1 is 0.414 bits per heavy atom. The molecule has 10 aromatic carbocycles. The number of nitrogens with zero attached hydrogens (tertiary/aromatic N) is 3. The predicted molar refractivity (Wildman–Crippen MR) is 292 cm³/mol. The van der Waals surface area contributed by atoms with Crippen LogP contribution in [0.2, 0.25) is 0 Å². The Hall–Kier alpha value is -8.99. The van der Waals surface area contributed by atoms with Gasteiger partial charge in [-0.25, -0.2) is 4.98 Å². The van der Waals surface area contributed by atoms with Crippen LogP contribution in [-0.2, 0) is 5.41 Å². The van der Waals surface area contributed by atoms with Crippen LogP contribution in [0, 0.1) is 0 Å². The zero-order valence-electron chi connectivity index (χ0n) is 38.8. The van der Waals surface area contributed by atoms with Gasteiger partial charge in [-0.3, -0.25) is 4.90 Å². The number of hydrogen-bond donors (Lipinski definition) is 0. The summed E-state index contributed by atoms with van der Waals surface area (Å²) in [5.74, 6) is 0.823. The van der Waals surface area contributed by atoms with Crippen molar-refractivity contribution in [3.63, 3.8) is 0 Å². The summed E-state index contributed by atoms with van der Waals surface area (Å²) in [5.41, 5.74) is 20.2. The fourth-order valence-corrected chi connectivity index (χ4v) is 11.4. The number of para-hydroxylation sites is 2. The van der Waals surface area contributed by atoms with Crippen molar-refractivity contribution in [2.75, 3.05) is 4.90 Å². The van der Waals surface area contributed by atoms with Crippen molar-refractivity contribution >= 4 is 71.8 Å². The highest BCUT2D eigenvalue weighted by Crippen LogP contribution is 2.50. The summed E-state index contributed by atoms with van der Waals surface area (Å²) in [6, 6.07) is 85.3. The molecule has 0 spiro atoms. The second-order valence-corrected chi connectivity index (χ2v) is 19.1. The van der Waals surface area contributed by atoms with E-state index in [0.29, 0.717) is 0 Å². The van der Waals surface area contributed by atoms with Gasteiger partial charge in [-0.15, -0.1) is 0 Å². The molecule has 0 N–H and O–H groups in total. The van der Waals surface area contributed by atoms with Crippen molar-refractivity contribution in [3.05, 3.63) is 248 Å². The Morgan fingerprint density at radius 2 is 1.06 bits per heavy atom. The van der Waals surface area contributed by atoms with Crippen LogP contribution >= 0.6 is 0 Å². The molecule has 330 valence electrons. The number of pyridine rings is 1. The fraction of sp³-hybridized carbons (Fsp3) is 0.0455. The van der Waals surface area contributed by atoms with Gasteiger partial charge in [-0.1, -0.05) is 178 Å². The second kappa shape index (κ2) is 15.5. The summed E-state index contributed by atoms with van der Waals surface area (Å²) < 4.78 is 9.33. The molecule has 0 radical (unpaired) electrons. The van der Waals surface area contributed by atoms with Crippen LogP contribution in [0.1, 0.15) is 25.0 Å². The Balaban J connectivity index is 0.923. The van der Waals surface area contributed by atoms with Gasteiger partial charge in [0, 0.05) is 38.3 Å². The third-order valence-electron chi connectivity index (χ3n) is 14.8. The van der Waals surface area contributed by atoms with Crippen molar-refractivity contribution < 1.29 is 4.42 Å². The summed E-state index contributed by atoms with van der Waals surface area (Å²) in [7, 11) is 0. The fourth-order valence-electron chi connectivity index (χ4n) is 11.4. The minimum absolute atomic E-state index is 0.102. The number of hydrogen-bond acceptors (Lipinski definition) is 3. The van der Waals surface area contributed by atoms with Crippen molar-refractivity contribution in [2.45, 2.75) is 19.3 Å². The van der Waals surface area contributed by atoms with Crippen molar-refractivity contribution in [1.82, 2.24) is 9.55 Å². The van der Waals surface area contributed by atoms with E-state index in [2.05, 4.69) is 260 Å². The molecule has 0 saturated heterocycles. The first-order valence-electron chi connectivity index (χ1n) is 24.1. The molecule has 4 nitrogen and oxygen atoms in total. The molecule has 0 atom stereocenters. The van der Waals surface area contributed by atoms with Crippen molar-refractivity contribution in [3.8, 4) is 50.2 Å². The first kappa shape index (κ1) is 40.1. The maximum Gasteiger partial charge on any atom is 0.138 e. The number of aromatic nitrogens is 2. The molecule has 4 heteroatoms. The van der Waals surface area contributed by atoms with Crippen molar-refractivity contribution in [1.29, 1.82) is 0 Å². The molecule has 0 fully saturated rings. The zero-order chi connectivity index (χ0) is 46.5. The molecule has 1 aliphatic rings. The third kappa shape index (κ3) is 6.20. The van der Waals surface area contributed by atoms with Crippen LogP contribution in [0.15, 0.2) is 241 Å². The standard InChI is InChI=1S/C66H45N3O/c1-66(2)56-23-12-9-20-49(56)50-37-34-48(40-57(50)66)68-59-25-14-11-22-52(59)53-35-30-45(38-61(53)68)46-31-36-54-63(39-46)70-62-27-15-26-60(65(54)62)69(47-32-28-43(29-33-47)42-16-5-3-6-17-42)64-41-55(44-18-7-4-8-19-44)51-21-10-13-24-58(51)67-64/h3-41H,1-2H3. The summed E-state index contributed by atoms with van der Waals surface area (Å²) in [4.78, 5) is 7.71. The first-order chi connectivity index (χ1) is 34.5. The molecule has 13 aromatic rings. The molecule has 70 heavy (non-hydrogen) atoms. The van der Waals surface area contributed by atoms with Gasteiger partial charge < -0.3 is 8.98 Å². The SMILES string of the molecule is CC1(C)c2ccccc2-c2ccc(-n3c4ccccc4c4ccc(-c5ccc6c(c5)oc5cccc(N(c7ccc(-c8ccccc8)cc7)c7cc(-c8ccccc8)c8ccccc8n7)c56)cc43)cc21. The first-order valence-corrected chi connectivity index (χ1v) is 24.1. The topological polar surface area (TPSA) is 34.2 Å². The lowest BCUT2D eigenvalue weighted by atomic mass is 9.82. The van der Waals surface area contributed by atoms with Gasteiger partial charge in [0.15, 0.2) is 0 Å². The summed E-state index contributed by atoms with van der Waals surface area (Å²) in [6.07, 6.45) is 0. The minimum Gasteiger partial charge on any atom is -0.456 e. The quantitative estimate of drug-likeness (QED) is 0.160. The van der Waals surface area contributed by atoms with Crippen LogP contribution in [0.4, 0.5) is 17.2 Å². The van der Waals surface area contributed by atoms with Crippen LogP contribution in [0.5, 0.6) is 0 Å². The van der Waals surface area contributed by atoms with E-state index in [1.165, 1.54) is 55.3 Å². The van der Waals surface area contributed by atoms with E-state index in [0.717, 1.165) is 77.9 Å². The molecule has 14 rings (SSSR count). The number of furan rings is 1. The maximum absolute atomic E-state index is 6.88. The minimum atomic E-state index is -0.102. The molecule has 0 bridgehead atoms. The van der Waals surface area contributed by atoms with E-state index in [4.69, 9.17) is 9.40 Å². The van der Waals surface area contributed by atoms with Gasteiger partial charge in [-0.05, 0) is 128 Å². The highest BCUT2D eigenvalue weighted by atomic mass is 16.3. The highest BCUT2D eigenvalue weighted by molar-refractivity contribution is 6.15. The smallest absolute Gasteiger partial charge is 0.138 e. The van der Waals surface area contributed by atoms with E-state index in [9.17, 15) is 0 Å². The lowest BCUT2D eigenvalue weighted by Crippen LogP contribution is -2.15. The third-order valence-corrected chi connectivity index (χ3v) is 14.8. The van der Waals surface area contributed by atoms with Crippen LogP contribution in [0.3, 0.4) is 0 Å². The van der Waals surface area contributed by atoms with Crippen LogP contribution < -0.4 is 4.90 Å². The van der Waals surface area contributed by atoms with E-state index in [-0.39, 0.29) is 5.41 Å². The van der Waals surface area contributed by atoms with Crippen LogP contribution in [-0.4, -0.2) is 9.55 Å². The zero-order valence-corrected chi connectivity index (χ0v) is 38.8. The predicted octanol–water partition coefficient (Wildman–Crippen LogP) is 18.0. The number of rotatable bonds is 7. The lowest BCUT2D eigenvalue weighted by molar-refractivity contribution is 0.660. The molecular weight excluding hydrogens is 851 g/mol. The molecule has 0 amide bonds.